The molecule has 0 saturated carbocycles. The number of nitrogens with zero attached hydrogens (tertiary/aromatic N) is 3. The topological polar surface area (TPSA) is 64.5 Å². The lowest BCUT2D eigenvalue weighted by Gasteiger charge is -2.35. The molecule has 1 aromatic rings. The fourth-order valence-corrected chi connectivity index (χ4v) is 4.59. The number of thioether (sulfide) groups is 1. The molecule has 2 fully saturated rings. The highest BCUT2D eigenvalue weighted by atomic mass is 35.5. The predicted molar refractivity (Wildman–Crippen MR) is 118 cm³/mol. The summed E-state index contributed by atoms with van der Waals surface area (Å²) < 4.78 is 12.1. The van der Waals surface area contributed by atoms with Gasteiger partial charge < -0.3 is 14.2 Å². The normalized spacial score (nSPS) is 23.4. The van der Waals surface area contributed by atoms with Crippen molar-refractivity contribution in [3.05, 3.63) is 12.4 Å². The molecule has 1 aromatic heterocycles. The number of carbonyl (C=O) groups excluding carboxylic acids is 1. The van der Waals surface area contributed by atoms with Crippen molar-refractivity contribution in [3.63, 3.8) is 0 Å². The Morgan fingerprint density at radius 3 is 2.52 bits per heavy atom. The maximum absolute atomic E-state index is 12.0. The van der Waals surface area contributed by atoms with Gasteiger partial charge in [-0.2, -0.15) is 0 Å². The van der Waals surface area contributed by atoms with E-state index in [1.807, 2.05) is 32.6 Å². The Balaban J connectivity index is 1.46. The van der Waals surface area contributed by atoms with E-state index in [0.29, 0.717) is 6.04 Å². The highest BCUT2D eigenvalue weighted by Gasteiger charge is 2.51. The fraction of sp³-hybridized carbons (Fsp3) is 0.750. The molecule has 2 aliphatic rings. The van der Waals surface area contributed by atoms with E-state index in [0.717, 1.165) is 48.6 Å². The van der Waals surface area contributed by atoms with E-state index in [4.69, 9.17) is 20.9 Å². The van der Waals surface area contributed by atoms with Gasteiger partial charge in [0.15, 0.2) is 5.16 Å². The average molecular weight is 440 g/mol. The van der Waals surface area contributed by atoms with Crippen molar-refractivity contribution in [1.29, 1.82) is 0 Å². The van der Waals surface area contributed by atoms with Crippen molar-refractivity contribution < 1.29 is 14.1 Å². The van der Waals surface area contributed by atoms with E-state index < -0.39 is 7.12 Å². The summed E-state index contributed by atoms with van der Waals surface area (Å²) in [6.07, 6.45) is 8.95. The minimum absolute atomic E-state index is 0.0608. The second-order valence-corrected chi connectivity index (χ2v) is 10.1. The molecular weight excluding hydrogens is 409 g/mol. The lowest BCUT2D eigenvalue weighted by Crippen LogP contribution is -2.44. The molecule has 0 spiro atoms. The third-order valence-corrected chi connectivity index (χ3v) is 7.34. The van der Waals surface area contributed by atoms with E-state index in [2.05, 4.69) is 9.97 Å². The van der Waals surface area contributed by atoms with Gasteiger partial charge >= 0.3 is 7.12 Å². The Bertz CT molecular complexity index is 689. The predicted octanol–water partition coefficient (Wildman–Crippen LogP) is 3.27. The maximum atomic E-state index is 12.0. The number of piperidine rings is 1. The lowest BCUT2D eigenvalue weighted by atomic mass is 9.81. The molecule has 0 N–H and O–H groups in total. The van der Waals surface area contributed by atoms with Crippen LogP contribution in [0.3, 0.4) is 0 Å². The minimum Gasteiger partial charge on any atom is -0.399 e. The number of carbonyl (C=O) groups is 1. The zero-order valence-electron chi connectivity index (χ0n) is 17.8. The Morgan fingerprint density at radius 2 is 1.90 bits per heavy atom. The van der Waals surface area contributed by atoms with Gasteiger partial charge in [0.2, 0.25) is 5.91 Å². The standard InChI is InChI=1S/C20H31BClN3O3S/c1-19(2)20(3,4)28-21(27-19)15-13-23-18(24-14-15)29-11-7-9-16-8-5-6-10-25(16)17(26)12-22/h13-14,16H,5-12H2,1-4H3. The Morgan fingerprint density at radius 1 is 1.24 bits per heavy atom. The monoisotopic (exact) mass is 439 g/mol. The minimum atomic E-state index is -0.434. The van der Waals surface area contributed by atoms with E-state index in [9.17, 15) is 4.79 Å². The van der Waals surface area contributed by atoms with Gasteiger partial charge in [0.05, 0.1) is 11.2 Å². The molecule has 0 bridgehead atoms. The lowest BCUT2D eigenvalue weighted by molar-refractivity contribution is -0.132. The van der Waals surface area contributed by atoms with Gasteiger partial charge in [-0.1, -0.05) is 11.8 Å². The molecule has 0 radical (unpaired) electrons. The first-order chi connectivity index (χ1) is 13.7. The molecule has 2 saturated heterocycles. The summed E-state index contributed by atoms with van der Waals surface area (Å²) in [5, 5.41) is 0.752. The van der Waals surface area contributed by atoms with Crippen LogP contribution in [-0.4, -0.2) is 63.3 Å². The van der Waals surface area contributed by atoms with Crippen molar-refractivity contribution in [3.8, 4) is 0 Å². The van der Waals surface area contributed by atoms with E-state index in [-0.39, 0.29) is 23.0 Å². The highest BCUT2D eigenvalue weighted by molar-refractivity contribution is 7.99. The number of likely N-dealkylation sites (tertiary alicyclic amines) is 1. The van der Waals surface area contributed by atoms with Gasteiger partial charge in [-0.3, -0.25) is 4.79 Å². The summed E-state index contributed by atoms with van der Waals surface area (Å²) in [6.45, 7) is 8.98. The molecule has 1 atom stereocenters. The fourth-order valence-electron chi connectivity index (χ4n) is 3.69. The van der Waals surface area contributed by atoms with Gasteiger partial charge in [0, 0.05) is 36.2 Å². The van der Waals surface area contributed by atoms with E-state index in [1.165, 1.54) is 6.42 Å². The van der Waals surface area contributed by atoms with Gasteiger partial charge in [-0.05, 0) is 59.8 Å². The molecule has 1 amide bonds. The second-order valence-electron chi connectivity index (χ2n) is 8.75. The van der Waals surface area contributed by atoms with E-state index >= 15 is 0 Å². The summed E-state index contributed by atoms with van der Waals surface area (Å²) in [5.74, 6) is 1.06. The quantitative estimate of drug-likeness (QED) is 0.214. The molecule has 2 aliphatic heterocycles. The largest absolute Gasteiger partial charge is 0.498 e. The molecule has 9 heteroatoms. The molecule has 0 aromatic carbocycles. The SMILES string of the molecule is CC1(C)OB(c2cnc(SCCCC3CCCCN3C(=O)CCl)nc2)OC1(C)C. The first-order valence-corrected chi connectivity index (χ1v) is 11.9. The Hall–Kier alpha value is -0.825. The molecular formula is C20H31BClN3O3S. The van der Waals surface area contributed by atoms with Crippen LogP contribution in [0.1, 0.15) is 59.8 Å². The maximum Gasteiger partial charge on any atom is 0.498 e. The number of amides is 1. The summed E-state index contributed by atoms with van der Waals surface area (Å²) in [6, 6.07) is 0.322. The van der Waals surface area contributed by atoms with Crippen molar-refractivity contribution >= 4 is 41.9 Å². The van der Waals surface area contributed by atoms with Gasteiger partial charge in [0.25, 0.3) is 0 Å². The van der Waals surface area contributed by atoms with Crippen LogP contribution in [0.25, 0.3) is 0 Å². The van der Waals surface area contributed by atoms with Crippen molar-refractivity contribution in [2.75, 3.05) is 18.2 Å². The first kappa shape index (κ1) is 22.9. The number of alkyl halides is 1. The number of rotatable bonds is 7. The van der Waals surface area contributed by atoms with Crippen molar-refractivity contribution in [2.24, 2.45) is 0 Å². The zero-order valence-corrected chi connectivity index (χ0v) is 19.4. The van der Waals surface area contributed by atoms with Crippen LogP contribution >= 0.6 is 23.4 Å². The zero-order chi connectivity index (χ0) is 21.1. The third kappa shape index (κ3) is 5.46. The average Bonchev–Trinajstić information content (AvgIpc) is 2.92. The van der Waals surface area contributed by atoms with Crippen molar-refractivity contribution in [1.82, 2.24) is 14.9 Å². The van der Waals surface area contributed by atoms with Gasteiger partial charge in [-0.15, -0.1) is 11.6 Å². The van der Waals surface area contributed by atoms with Crippen LogP contribution in [0, 0.1) is 0 Å². The summed E-state index contributed by atoms with van der Waals surface area (Å²) >= 11 is 7.40. The van der Waals surface area contributed by atoms with Crippen LogP contribution in [0.2, 0.25) is 0 Å². The van der Waals surface area contributed by atoms with E-state index in [1.54, 1.807) is 24.2 Å². The van der Waals surface area contributed by atoms with Crippen LogP contribution in [0.5, 0.6) is 0 Å². The molecule has 3 heterocycles. The first-order valence-electron chi connectivity index (χ1n) is 10.4. The number of hydrogen-bond donors (Lipinski definition) is 0. The Labute approximate surface area is 183 Å². The van der Waals surface area contributed by atoms with Crippen LogP contribution in [0.15, 0.2) is 17.6 Å². The second kappa shape index (κ2) is 9.54. The smallest absolute Gasteiger partial charge is 0.399 e. The van der Waals surface area contributed by atoms with Crippen LogP contribution in [-0.2, 0) is 14.1 Å². The van der Waals surface area contributed by atoms with Crippen LogP contribution < -0.4 is 5.46 Å². The molecule has 29 heavy (non-hydrogen) atoms. The Kier molecular flexibility index (Phi) is 7.52. The summed E-state index contributed by atoms with van der Waals surface area (Å²) in [5.41, 5.74) is 0.0942. The molecule has 3 rings (SSSR count). The third-order valence-electron chi connectivity index (χ3n) is 6.15. The molecule has 160 valence electrons. The number of halogens is 1. The number of aromatic nitrogens is 2. The van der Waals surface area contributed by atoms with Gasteiger partial charge in [-0.25, -0.2) is 9.97 Å². The summed E-state index contributed by atoms with van der Waals surface area (Å²) in [4.78, 5) is 22.9. The van der Waals surface area contributed by atoms with Crippen molar-refractivity contribution in [2.45, 2.75) is 82.2 Å². The van der Waals surface area contributed by atoms with Crippen LogP contribution in [0.4, 0.5) is 0 Å². The molecule has 1 unspecified atom stereocenters. The van der Waals surface area contributed by atoms with Gasteiger partial charge in [0.1, 0.15) is 5.88 Å². The number of hydrogen-bond acceptors (Lipinski definition) is 6. The summed E-state index contributed by atoms with van der Waals surface area (Å²) in [7, 11) is -0.434. The molecule has 0 aliphatic carbocycles. The highest BCUT2D eigenvalue weighted by Crippen LogP contribution is 2.36. The molecule has 6 nitrogen and oxygen atoms in total.